The molecule has 3 heterocycles. The van der Waals surface area contributed by atoms with E-state index >= 15 is 0 Å². The van der Waals surface area contributed by atoms with E-state index < -0.39 is 0 Å². The predicted octanol–water partition coefficient (Wildman–Crippen LogP) is 3.58. The molecule has 5 aromatic rings. The van der Waals surface area contributed by atoms with Crippen LogP contribution in [0.3, 0.4) is 0 Å². The zero-order valence-electron chi connectivity index (χ0n) is 18.6. The minimum atomic E-state index is 0.574. The van der Waals surface area contributed by atoms with E-state index in [-0.39, 0.29) is 0 Å². The number of fused-ring (bicyclic) bond motifs is 2. The lowest BCUT2D eigenvalue weighted by Crippen LogP contribution is -2.19. The molecule has 0 aliphatic heterocycles. The molecule has 0 spiro atoms. The second-order valence-electron chi connectivity index (χ2n) is 7.86. The molecule has 0 bridgehead atoms. The van der Waals surface area contributed by atoms with E-state index in [2.05, 4.69) is 72.9 Å². The Balaban J connectivity index is 1.40. The van der Waals surface area contributed by atoms with E-state index in [9.17, 15) is 0 Å². The molecule has 0 saturated carbocycles. The molecule has 0 aliphatic carbocycles. The van der Waals surface area contributed by atoms with Crippen molar-refractivity contribution in [3.05, 3.63) is 59.8 Å². The maximum Gasteiger partial charge on any atom is 0.254 e. The van der Waals surface area contributed by atoms with Crippen molar-refractivity contribution in [2.75, 3.05) is 20.6 Å². The van der Waals surface area contributed by atoms with Gasteiger partial charge in [0.1, 0.15) is 5.03 Å². The van der Waals surface area contributed by atoms with E-state index in [1.807, 2.05) is 27.1 Å². The third-order valence-electron chi connectivity index (χ3n) is 5.08. The molecule has 0 radical (unpaired) electrons. The highest BCUT2D eigenvalue weighted by Gasteiger charge is 2.16. The number of nitrogens with zero attached hydrogens (tertiary/aromatic N) is 9. The number of benzene rings is 2. The van der Waals surface area contributed by atoms with E-state index in [0.29, 0.717) is 22.6 Å². The molecule has 11 heteroatoms. The Labute approximate surface area is 199 Å². The summed E-state index contributed by atoms with van der Waals surface area (Å²) in [5.74, 6) is 1.35. The first kappa shape index (κ1) is 21.8. The van der Waals surface area contributed by atoms with Crippen molar-refractivity contribution >= 4 is 40.1 Å². The molecule has 0 saturated heterocycles. The molecule has 2 aromatic carbocycles. The van der Waals surface area contributed by atoms with Gasteiger partial charge < -0.3 is 4.90 Å². The number of hydrogen-bond acceptors (Lipinski definition) is 9. The Morgan fingerprint density at radius 1 is 1.03 bits per heavy atom. The van der Waals surface area contributed by atoms with Gasteiger partial charge in [-0.25, -0.2) is 9.67 Å². The predicted molar refractivity (Wildman–Crippen MR) is 130 cm³/mol. The lowest BCUT2D eigenvalue weighted by Gasteiger charge is -2.10. The minimum absolute atomic E-state index is 0.574. The summed E-state index contributed by atoms with van der Waals surface area (Å²) in [5, 5.41) is 21.7. The Morgan fingerprint density at radius 2 is 1.88 bits per heavy atom. The topological polar surface area (TPSA) is 89.9 Å². The van der Waals surface area contributed by atoms with Crippen molar-refractivity contribution in [3.8, 4) is 0 Å². The molecular weight excluding hydrogens is 454 g/mol. The lowest BCUT2D eigenvalue weighted by molar-refractivity contribution is 0.361. The van der Waals surface area contributed by atoms with Crippen LogP contribution in [0, 0.1) is 6.92 Å². The zero-order valence-corrected chi connectivity index (χ0v) is 20.2. The van der Waals surface area contributed by atoms with Crippen molar-refractivity contribution in [1.82, 2.24) is 44.7 Å². The highest BCUT2D eigenvalue weighted by atomic mass is 32.2. The van der Waals surface area contributed by atoms with Crippen LogP contribution in [0.5, 0.6) is 0 Å². The number of likely N-dealkylation sites (N-methyl/N-ethyl adjacent to an activating group) is 1. The first-order valence-electron chi connectivity index (χ1n) is 10.5. The van der Waals surface area contributed by atoms with Gasteiger partial charge >= 0.3 is 0 Å². The number of aromatic nitrogens is 8. The number of aryl methyl sites for hydroxylation is 1. The van der Waals surface area contributed by atoms with Crippen LogP contribution in [-0.4, -0.2) is 65.3 Å². The van der Waals surface area contributed by atoms with E-state index in [0.717, 1.165) is 23.0 Å². The zero-order chi connectivity index (χ0) is 22.8. The molecule has 0 unspecified atom stereocenters. The maximum absolute atomic E-state index is 4.73. The second kappa shape index (κ2) is 9.46. The summed E-state index contributed by atoms with van der Waals surface area (Å²) in [4.78, 5) is 11.3. The number of rotatable bonds is 8. The summed E-state index contributed by atoms with van der Waals surface area (Å²) in [6.45, 7) is 3.51. The summed E-state index contributed by atoms with van der Waals surface area (Å²) in [7, 11) is 4.06. The fourth-order valence-electron chi connectivity index (χ4n) is 3.43. The standard InChI is InChI=1S/C22H23N9S2/c1-15-13-19(33-22-25-27-28-30(22)12-11-29(2)3)31-20(23-15)24-21(26-31)32-14-17-9-6-8-16-7-4-5-10-18(16)17/h4-10,13H,11-12,14H2,1-3H3. The van der Waals surface area contributed by atoms with E-state index in [1.165, 1.54) is 28.1 Å². The smallest absolute Gasteiger partial charge is 0.254 e. The quantitative estimate of drug-likeness (QED) is 0.246. The Kier molecular flexibility index (Phi) is 6.25. The van der Waals surface area contributed by atoms with Gasteiger partial charge in [-0.05, 0) is 65.6 Å². The first-order valence-corrected chi connectivity index (χ1v) is 12.3. The van der Waals surface area contributed by atoms with Gasteiger partial charge in [0.05, 0.1) is 6.54 Å². The number of tetrazole rings is 1. The van der Waals surface area contributed by atoms with Crippen molar-refractivity contribution < 1.29 is 0 Å². The highest BCUT2D eigenvalue weighted by Crippen LogP contribution is 2.29. The molecule has 0 fully saturated rings. The summed E-state index contributed by atoms with van der Waals surface area (Å²) >= 11 is 3.07. The van der Waals surface area contributed by atoms with Gasteiger partial charge in [0.25, 0.3) is 5.78 Å². The molecular formula is C22H23N9S2. The molecule has 0 N–H and O–H groups in total. The SMILES string of the molecule is Cc1cc(Sc2nnnn2CCN(C)C)n2nc(SCc3cccc4ccccc34)nc2n1. The molecule has 33 heavy (non-hydrogen) atoms. The summed E-state index contributed by atoms with van der Waals surface area (Å²) in [6, 6.07) is 16.8. The lowest BCUT2D eigenvalue weighted by atomic mass is 10.1. The van der Waals surface area contributed by atoms with Crippen LogP contribution in [0.4, 0.5) is 0 Å². The van der Waals surface area contributed by atoms with Crippen LogP contribution in [0.2, 0.25) is 0 Å². The van der Waals surface area contributed by atoms with Crippen LogP contribution in [-0.2, 0) is 12.3 Å². The Bertz CT molecular complexity index is 1400. The molecule has 0 atom stereocenters. The van der Waals surface area contributed by atoms with Crippen LogP contribution in [0.15, 0.2) is 63.9 Å². The van der Waals surface area contributed by atoms with Gasteiger partial charge in [0.15, 0.2) is 0 Å². The highest BCUT2D eigenvalue weighted by molar-refractivity contribution is 7.99. The minimum Gasteiger partial charge on any atom is -0.308 e. The summed E-state index contributed by atoms with van der Waals surface area (Å²) in [5.41, 5.74) is 2.13. The van der Waals surface area contributed by atoms with Gasteiger partial charge in [0, 0.05) is 18.0 Å². The molecule has 5 rings (SSSR count). The fraction of sp³-hybridized carbons (Fsp3) is 0.273. The van der Waals surface area contributed by atoms with Crippen molar-refractivity contribution in [2.24, 2.45) is 0 Å². The normalized spacial score (nSPS) is 11.8. The van der Waals surface area contributed by atoms with E-state index in [4.69, 9.17) is 5.10 Å². The van der Waals surface area contributed by atoms with Gasteiger partial charge in [-0.1, -0.05) is 54.2 Å². The Morgan fingerprint density at radius 3 is 2.76 bits per heavy atom. The Hall–Kier alpha value is -3.02. The number of hydrogen-bond donors (Lipinski definition) is 0. The van der Waals surface area contributed by atoms with Gasteiger partial charge in [-0.3, -0.25) is 0 Å². The number of thioether (sulfide) groups is 1. The summed E-state index contributed by atoms with van der Waals surface area (Å²) < 4.78 is 3.58. The van der Waals surface area contributed by atoms with Gasteiger partial charge in [-0.15, -0.1) is 10.2 Å². The molecule has 168 valence electrons. The van der Waals surface area contributed by atoms with Crippen LogP contribution < -0.4 is 0 Å². The van der Waals surface area contributed by atoms with Crippen LogP contribution in [0.1, 0.15) is 11.3 Å². The van der Waals surface area contributed by atoms with E-state index in [1.54, 1.807) is 21.0 Å². The van der Waals surface area contributed by atoms with Gasteiger partial charge in [0.2, 0.25) is 10.3 Å². The molecule has 0 amide bonds. The average molecular weight is 478 g/mol. The molecule has 9 nitrogen and oxygen atoms in total. The average Bonchev–Trinajstić information content (AvgIpc) is 3.42. The largest absolute Gasteiger partial charge is 0.308 e. The van der Waals surface area contributed by atoms with Crippen LogP contribution >= 0.6 is 23.5 Å². The molecule has 0 aliphatic rings. The fourth-order valence-corrected chi connectivity index (χ4v) is 5.19. The van der Waals surface area contributed by atoms with Crippen molar-refractivity contribution in [2.45, 2.75) is 34.6 Å². The monoisotopic (exact) mass is 477 g/mol. The van der Waals surface area contributed by atoms with Crippen LogP contribution in [0.25, 0.3) is 16.6 Å². The first-order chi connectivity index (χ1) is 16.1. The maximum atomic E-state index is 4.73. The molecule has 3 aromatic heterocycles. The third kappa shape index (κ3) is 4.85. The van der Waals surface area contributed by atoms with Crippen molar-refractivity contribution in [1.29, 1.82) is 0 Å². The van der Waals surface area contributed by atoms with Gasteiger partial charge in [-0.2, -0.15) is 9.50 Å². The second-order valence-corrected chi connectivity index (χ2v) is 9.79. The third-order valence-corrected chi connectivity index (χ3v) is 6.94. The summed E-state index contributed by atoms with van der Waals surface area (Å²) in [6.07, 6.45) is 0. The van der Waals surface area contributed by atoms with Crippen molar-refractivity contribution in [3.63, 3.8) is 0 Å².